The molecule has 1 aliphatic rings. The molecule has 0 spiro atoms. The van der Waals surface area contributed by atoms with E-state index in [1.165, 1.54) is 11.3 Å². The van der Waals surface area contributed by atoms with Crippen molar-refractivity contribution >= 4 is 38.4 Å². The molecule has 0 aliphatic carbocycles. The van der Waals surface area contributed by atoms with Crippen molar-refractivity contribution in [1.29, 1.82) is 0 Å². The molecule has 0 bridgehead atoms. The summed E-state index contributed by atoms with van der Waals surface area (Å²) in [6, 6.07) is 6.11. The van der Waals surface area contributed by atoms with Crippen molar-refractivity contribution in [2.75, 3.05) is 26.7 Å². The molecular formula is C21H27N3O2S. The van der Waals surface area contributed by atoms with Gasteiger partial charge in [-0.2, -0.15) is 0 Å². The first-order valence-corrected chi connectivity index (χ1v) is 9.80. The number of rotatable bonds is 4. The number of nitrogens with one attached hydrogen (secondary N) is 1. The maximum atomic E-state index is 12.3. The molecule has 4 rings (SSSR count). The van der Waals surface area contributed by atoms with E-state index in [2.05, 4.69) is 22.0 Å². The fourth-order valence-electron chi connectivity index (χ4n) is 3.78. The van der Waals surface area contributed by atoms with Gasteiger partial charge in [-0.15, -0.1) is 11.3 Å². The van der Waals surface area contributed by atoms with Crippen LogP contribution in [0.15, 0.2) is 34.4 Å². The average Bonchev–Trinajstić information content (AvgIpc) is 3.12. The van der Waals surface area contributed by atoms with Gasteiger partial charge in [0.25, 0.3) is 5.56 Å². The Hall–Kier alpha value is -2.15. The molecule has 0 saturated carbocycles. The number of H-pyrrole nitrogens is 1. The minimum absolute atomic E-state index is 0. The van der Waals surface area contributed by atoms with Crippen LogP contribution in [0.1, 0.15) is 25.8 Å². The number of ether oxygens (including phenoxy) is 1. The van der Waals surface area contributed by atoms with Gasteiger partial charge >= 0.3 is 0 Å². The molecule has 144 valence electrons. The summed E-state index contributed by atoms with van der Waals surface area (Å²) in [5, 5.41) is 3.97. The van der Waals surface area contributed by atoms with Crippen molar-refractivity contribution in [3.63, 3.8) is 0 Å². The topological polar surface area (TPSA) is 71.4 Å². The van der Waals surface area contributed by atoms with Crippen LogP contribution in [0.2, 0.25) is 0 Å². The monoisotopic (exact) mass is 385 g/mol. The largest absolute Gasteiger partial charge is 0.496 e. The average molecular weight is 386 g/mol. The molecule has 1 atom stereocenters. The number of likely N-dealkylation sites (tertiary alicyclic amines) is 1. The first kappa shape index (κ1) is 19.6. The summed E-state index contributed by atoms with van der Waals surface area (Å²) >= 11 is 1.47. The van der Waals surface area contributed by atoms with Gasteiger partial charge in [0.15, 0.2) is 0 Å². The predicted octanol–water partition coefficient (Wildman–Crippen LogP) is 3.82. The molecule has 0 amide bonds. The second-order valence-electron chi connectivity index (χ2n) is 6.79. The quantitative estimate of drug-likeness (QED) is 0.716. The molecule has 27 heavy (non-hydrogen) atoms. The Morgan fingerprint density at radius 3 is 3.04 bits per heavy atom. The number of aromatic nitrogens is 1. The van der Waals surface area contributed by atoms with Crippen LogP contribution in [0.4, 0.5) is 0 Å². The van der Waals surface area contributed by atoms with Crippen LogP contribution < -0.4 is 16.0 Å². The molecule has 1 aromatic carbocycles. The van der Waals surface area contributed by atoms with E-state index in [1.54, 1.807) is 7.11 Å². The number of hydrogen-bond donors (Lipinski definition) is 2. The first-order chi connectivity index (χ1) is 12.7. The molecule has 5 nitrogen and oxygen atoms in total. The summed E-state index contributed by atoms with van der Waals surface area (Å²) in [5.41, 5.74) is 7.88. The number of pyridine rings is 1. The van der Waals surface area contributed by atoms with Gasteiger partial charge in [-0.3, -0.25) is 9.69 Å². The molecule has 0 radical (unpaired) electrons. The highest BCUT2D eigenvalue weighted by molar-refractivity contribution is 7.17. The maximum Gasteiger partial charge on any atom is 0.266 e. The zero-order valence-electron chi connectivity index (χ0n) is 14.8. The van der Waals surface area contributed by atoms with Crippen LogP contribution in [0.3, 0.4) is 0 Å². The van der Waals surface area contributed by atoms with Gasteiger partial charge in [0.05, 0.1) is 7.11 Å². The van der Waals surface area contributed by atoms with E-state index in [-0.39, 0.29) is 19.0 Å². The molecule has 1 fully saturated rings. The molecule has 1 saturated heterocycles. The van der Waals surface area contributed by atoms with Crippen molar-refractivity contribution in [1.82, 2.24) is 9.88 Å². The lowest BCUT2D eigenvalue weighted by atomic mass is 10.0. The number of fused-ring (bicyclic) bond motifs is 3. The smallest absolute Gasteiger partial charge is 0.266 e. The van der Waals surface area contributed by atoms with Crippen LogP contribution in [0.5, 0.6) is 5.75 Å². The van der Waals surface area contributed by atoms with Crippen LogP contribution in [0, 0.1) is 0 Å². The Labute approximate surface area is 163 Å². The Kier molecular flexibility index (Phi) is 5.99. The highest BCUT2D eigenvalue weighted by atomic mass is 32.1. The fraction of sp³-hybridized carbons (Fsp3) is 0.381. The minimum Gasteiger partial charge on any atom is -0.496 e. The zero-order chi connectivity index (χ0) is 18.1. The number of thiophene rings is 1. The number of piperidine rings is 1. The summed E-state index contributed by atoms with van der Waals surface area (Å²) in [6.07, 6.45) is 6.54. The van der Waals surface area contributed by atoms with Crippen LogP contribution >= 0.6 is 11.3 Å². The van der Waals surface area contributed by atoms with Gasteiger partial charge in [0.1, 0.15) is 10.4 Å². The molecule has 6 heteroatoms. The third-order valence-electron chi connectivity index (χ3n) is 5.00. The lowest BCUT2D eigenvalue weighted by Gasteiger charge is -2.29. The predicted molar refractivity (Wildman–Crippen MR) is 116 cm³/mol. The summed E-state index contributed by atoms with van der Waals surface area (Å²) in [7, 11) is 1.68. The molecule has 1 unspecified atom stereocenters. The van der Waals surface area contributed by atoms with Gasteiger partial charge in [0, 0.05) is 41.0 Å². The number of nitrogens with zero attached hydrogens (tertiary/aromatic N) is 1. The van der Waals surface area contributed by atoms with E-state index in [0.29, 0.717) is 0 Å². The number of hydrogen-bond acceptors (Lipinski definition) is 5. The molecular weight excluding hydrogens is 358 g/mol. The zero-order valence-corrected chi connectivity index (χ0v) is 15.6. The van der Waals surface area contributed by atoms with Gasteiger partial charge in [0.2, 0.25) is 0 Å². The fourth-order valence-corrected chi connectivity index (χ4v) is 4.57. The Morgan fingerprint density at radius 2 is 2.26 bits per heavy atom. The summed E-state index contributed by atoms with van der Waals surface area (Å²) in [5.74, 6) is 0.809. The van der Waals surface area contributed by atoms with E-state index < -0.39 is 0 Å². The molecule has 3 N–H and O–H groups in total. The van der Waals surface area contributed by atoms with E-state index >= 15 is 0 Å². The second kappa shape index (κ2) is 8.25. The van der Waals surface area contributed by atoms with Crippen LogP contribution in [-0.2, 0) is 0 Å². The number of methoxy groups -OCH3 is 1. The third-order valence-corrected chi connectivity index (χ3v) is 5.92. The Balaban J connectivity index is 0.00000210. The Bertz CT molecular complexity index is 1020. The number of nitrogens with two attached hydrogens (primary N) is 1. The molecule has 3 heterocycles. The van der Waals surface area contributed by atoms with Gasteiger partial charge in [-0.1, -0.05) is 19.6 Å². The standard InChI is InChI=1S/C20H23N3O2S.CH4/c1-25-17-7-6-16-18(15-8-11-26-19(15)20(24)22-16)14(17)5-3-10-23-9-2-4-13(21)12-23;/h3,5-8,11,13H,2,4,9-10,12,21H2,1H3,(H,22,24);1H4/b5-3+;. The number of benzene rings is 1. The Morgan fingerprint density at radius 1 is 1.41 bits per heavy atom. The summed E-state index contributed by atoms with van der Waals surface area (Å²) in [6.45, 7) is 2.90. The van der Waals surface area contributed by atoms with Crippen LogP contribution in [-0.4, -0.2) is 42.7 Å². The first-order valence-electron chi connectivity index (χ1n) is 8.92. The van der Waals surface area contributed by atoms with Gasteiger partial charge in [-0.25, -0.2) is 0 Å². The van der Waals surface area contributed by atoms with Crippen molar-refractivity contribution in [3.05, 3.63) is 45.6 Å². The van der Waals surface area contributed by atoms with Gasteiger partial charge in [-0.05, 0) is 43.0 Å². The van der Waals surface area contributed by atoms with Gasteiger partial charge < -0.3 is 15.5 Å². The minimum atomic E-state index is -0.0371. The maximum absolute atomic E-state index is 12.3. The highest BCUT2D eigenvalue weighted by Crippen LogP contribution is 2.34. The SMILES string of the molecule is C.COc1ccc2[nH]c(=O)c3sccc3c2c1/C=C/CN1CCCC(N)C1. The number of aromatic amines is 1. The highest BCUT2D eigenvalue weighted by Gasteiger charge is 2.16. The van der Waals surface area contributed by atoms with Crippen molar-refractivity contribution in [3.8, 4) is 5.75 Å². The van der Waals surface area contributed by atoms with Crippen molar-refractivity contribution < 1.29 is 4.74 Å². The third kappa shape index (κ3) is 3.78. The van der Waals surface area contributed by atoms with Crippen molar-refractivity contribution in [2.45, 2.75) is 26.3 Å². The molecule has 2 aromatic heterocycles. The summed E-state index contributed by atoms with van der Waals surface area (Å²) < 4.78 is 6.35. The van der Waals surface area contributed by atoms with Crippen molar-refractivity contribution in [2.24, 2.45) is 5.73 Å². The molecule has 3 aromatic rings. The van der Waals surface area contributed by atoms with E-state index in [9.17, 15) is 4.79 Å². The van der Waals surface area contributed by atoms with E-state index in [1.807, 2.05) is 23.6 Å². The lowest BCUT2D eigenvalue weighted by Crippen LogP contribution is -2.42. The lowest BCUT2D eigenvalue weighted by molar-refractivity contribution is 0.229. The van der Waals surface area contributed by atoms with E-state index in [0.717, 1.165) is 64.8 Å². The molecule has 1 aliphatic heterocycles. The van der Waals surface area contributed by atoms with E-state index in [4.69, 9.17) is 10.5 Å². The normalized spacial score (nSPS) is 18.2. The summed E-state index contributed by atoms with van der Waals surface area (Å²) in [4.78, 5) is 17.6. The van der Waals surface area contributed by atoms with Crippen LogP contribution in [0.25, 0.3) is 27.1 Å². The second-order valence-corrected chi connectivity index (χ2v) is 7.70.